The summed E-state index contributed by atoms with van der Waals surface area (Å²) in [5, 5.41) is 3.21. The number of amides is 1. The van der Waals surface area contributed by atoms with E-state index in [4.69, 9.17) is 18.6 Å². The Kier molecular flexibility index (Phi) is 6.20. The molecule has 0 spiro atoms. The van der Waals surface area contributed by atoms with Crippen LogP contribution >= 0.6 is 0 Å². The summed E-state index contributed by atoms with van der Waals surface area (Å²) < 4.78 is 26.6. The highest BCUT2D eigenvalue weighted by atomic mass is 16.7. The van der Waals surface area contributed by atoms with Crippen molar-refractivity contribution in [1.29, 1.82) is 0 Å². The van der Waals surface area contributed by atoms with Crippen molar-refractivity contribution in [2.75, 3.05) is 0 Å². The number of hydrogen-bond acceptors (Lipinski definition) is 5. The Bertz CT molecular complexity index is 1270. The zero-order chi connectivity index (χ0) is 28.0. The lowest BCUT2D eigenvalue weighted by atomic mass is 9.51. The third-order valence-electron chi connectivity index (χ3n) is 10.2. The highest BCUT2D eigenvalue weighted by molar-refractivity contribution is 6.51. The lowest BCUT2D eigenvalue weighted by Crippen LogP contribution is -2.41. The van der Waals surface area contributed by atoms with E-state index < -0.39 is 36.6 Å². The Labute approximate surface area is 233 Å². The Balaban J connectivity index is 1.48. The Morgan fingerprint density at radius 3 is 1.56 bits per heavy atom. The van der Waals surface area contributed by atoms with E-state index >= 15 is 0 Å². The molecule has 4 aliphatic rings. The molecule has 1 amide bonds. The Hall–Kier alpha value is -2.12. The van der Waals surface area contributed by atoms with Crippen molar-refractivity contribution in [2.24, 2.45) is 0 Å². The molecule has 8 heteroatoms. The van der Waals surface area contributed by atoms with Gasteiger partial charge in [-0.2, -0.15) is 0 Å². The smallest absolute Gasteiger partial charge is 0.403 e. The maximum Gasteiger partial charge on any atom is 0.470 e. The van der Waals surface area contributed by atoms with Crippen molar-refractivity contribution in [1.82, 2.24) is 5.32 Å². The largest absolute Gasteiger partial charge is 0.470 e. The van der Waals surface area contributed by atoms with Crippen LogP contribution in [0.15, 0.2) is 42.5 Å². The summed E-state index contributed by atoms with van der Waals surface area (Å²) in [5.41, 5.74) is 3.18. The molecule has 2 aliphatic heterocycles. The van der Waals surface area contributed by atoms with Gasteiger partial charge in [0.2, 0.25) is 0 Å². The van der Waals surface area contributed by atoms with Gasteiger partial charge in [0.1, 0.15) is 0 Å². The maximum atomic E-state index is 13.3. The van der Waals surface area contributed by atoms with Crippen LogP contribution in [0, 0.1) is 0 Å². The molecule has 2 aromatic carbocycles. The van der Waals surface area contributed by atoms with Crippen molar-refractivity contribution in [3.8, 4) is 0 Å². The van der Waals surface area contributed by atoms with E-state index in [1.54, 1.807) is 0 Å². The van der Waals surface area contributed by atoms with Crippen LogP contribution in [-0.2, 0) is 18.6 Å². The van der Waals surface area contributed by atoms with Crippen LogP contribution in [0.4, 0.5) is 0 Å². The summed E-state index contributed by atoms with van der Waals surface area (Å²) >= 11 is 0. The molecule has 6 rings (SSSR count). The summed E-state index contributed by atoms with van der Waals surface area (Å²) in [6.45, 7) is 16.7. The second-order valence-corrected chi connectivity index (χ2v) is 13.8. The molecule has 2 atom stereocenters. The zero-order valence-corrected chi connectivity index (χ0v) is 24.6. The monoisotopic (exact) mass is 529 g/mol. The fourth-order valence-electron chi connectivity index (χ4n) is 6.14. The van der Waals surface area contributed by atoms with Gasteiger partial charge in [-0.1, -0.05) is 30.3 Å². The fraction of sp³-hybridized carbons (Fsp3) is 0.581. The van der Waals surface area contributed by atoms with Crippen molar-refractivity contribution in [3.63, 3.8) is 0 Å². The van der Waals surface area contributed by atoms with E-state index in [9.17, 15) is 4.79 Å². The summed E-state index contributed by atoms with van der Waals surface area (Å²) in [6.07, 6.45) is 3.26. The van der Waals surface area contributed by atoms with Gasteiger partial charge in [0.25, 0.3) is 5.91 Å². The van der Waals surface area contributed by atoms with E-state index in [0.29, 0.717) is 5.56 Å². The molecule has 1 saturated carbocycles. The van der Waals surface area contributed by atoms with Crippen molar-refractivity contribution in [3.05, 3.63) is 70.3 Å². The normalized spacial score (nSPS) is 28.0. The molecule has 2 saturated heterocycles. The van der Waals surface area contributed by atoms with Gasteiger partial charge in [0.15, 0.2) is 0 Å². The number of hydrogen-bond donors (Lipinski definition) is 1. The van der Waals surface area contributed by atoms with Gasteiger partial charge in [-0.25, -0.2) is 0 Å². The lowest BCUT2D eigenvalue weighted by Gasteiger charge is -2.36. The lowest BCUT2D eigenvalue weighted by molar-refractivity contribution is 0.00578. The number of nitrogens with one attached hydrogen (secondary N) is 1. The third kappa shape index (κ3) is 4.30. The number of carbonyl (C=O) groups excluding carboxylic acids is 1. The Morgan fingerprint density at radius 2 is 1.13 bits per heavy atom. The van der Waals surface area contributed by atoms with Gasteiger partial charge in [0, 0.05) is 23.2 Å². The molecule has 0 aromatic heterocycles. The van der Waals surface area contributed by atoms with Crippen LogP contribution in [0.5, 0.6) is 0 Å². The predicted molar refractivity (Wildman–Crippen MR) is 154 cm³/mol. The van der Waals surface area contributed by atoms with Crippen molar-refractivity contribution in [2.45, 2.75) is 115 Å². The summed E-state index contributed by atoms with van der Waals surface area (Å²) in [4.78, 5) is 13.3. The van der Waals surface area contributed by atoms with E-state index in [0.717, 1.165) is 35.1 Å². The van der Waals surface area contributed by atoms with Crippen LogP contribution in [0.2, 0.25) is 0 Å². The zero-order valence-electron chi connectivity index (χ0n) is 24.6. The van der Waals surface area contributed by atoms with Crippen LogP contribution in [-0.4, -0.2) is 48.6 Å². The standard InChI is InChI=1S/C31H41B2NO5/c1-28(2)29(3,4)37-32(36-28)25-21-14-9-10-15-22(21)26(33-38-30(5,6)31(7,8)39-33)24-18-19(16-17-23(24)25)27(35)34-20-12-11-13-20/h9-10,14-18,20,25-26H,11-13H2,1-8H3,(H,34,35). The molecule has 0 radical (unpaired) electrons. The first-order valence-corrected chi connectivity index (χ1v) is 14.5. The number of fused-ring (bicyclic) bond motifs is 2. The molecule has 0 bridgehead atoms. The van der Waals surface area contributed by atoms with Gasteiger partial charge in [0.05, 0.1) is 22.4 Å². The predicted octanol–water partition coefficient (Wildman–Crippen LogP) is 5.81. The minimum Gasteiger partial charge on any atom is -0.403 e. The molecule has 39 heavy (non-hydrogen) atoms. The SMILES string of the molecule is CC1(C)OB(C2c3ccccc3C(B3OC(C)(C)C(C)(C)O3)c3cc(C(=O)NC4CCC4)ccc32)OC1(C)C. The van der Waals surface area contributed by atoms with Crippen molar-refractivity contribution >= 4 is 20.1 Å². The molecule has 3 fully saturated rings. The molecule has 2 heterocycles. The molecular formula is C31H41B2NO5. The average Bonchev–Trinajstić information content (AvgIpc) is 3.17. The molecular weight excluding hydrogens is 488 g/mol. The van der Waals surface area contributed by atoms with Crippen LogP contribution in [0.3, 0.4) is 0 Å². The first-order valence-electron chi connectivity index (χ1n) is 14.5. The molecule has 2 aromatic rings. The third-order valence-corrected chi connectivity index (χ3v) is 10.2. The van der Waals surface area contributed by atoms with Gasteiger partial charge in [-0.3, -0.25) is 4.79 Å². The van der Waals surface area contributed by atoms with Gasteiger partial charge in [-0.15, -0.1) is 0 Å². The minimum absolute atomic E-state index is 0.0267. The number of rotatable bonds is 4. The van der Waals surface area contributed by atoms with E-state index in [2.05, 4.69) is 91.0 Å². The number of carbonyl (C=O) groups is 1. The molecule has 2 aliphatic carbocycles. The van der Waals surface area contributed by atoms with Crippen LogP contribution < -0.4 is 5.32 Å². The second kappa shape index (κ2) is 8.94. The van der Waals surface area contributed by atoms with Crippen LogP contribution in [0.25, 0.3) is 0 Å². The van der Waals surface area contributed by atoms with Gasteiger partial charge >= 0.3 is 14.2 Å². The maximum absolute atomic E-state index is 13.3. The summed E-state index contributed by atoms with van der Waals surface area (Å²) in [6, 6.07) is 14.8. The van der Waals surface area contributed by atoms with E-state index in [1.807, 2.05) is 12.1 Å². The fourth-order valence-corrected chi connectivity index (χ4v) is 6.14. The summed E-state index contributed by atoms with van der Waals surface area (Å²) in [7, 11) is -0.970. The molecule has 6 nitrogen and oxygen atoms in total. The Morgan fingerprint density at radius 1 is 0.692 bits per heavy atom. The topological polar surface area (TPSA) is 66.0 Å². The van der Waals surface area contributed by atoms with Crippen LogP contribution in [0.1, 0.15) is 119 Å². The minimum atomic E-state index is -0.501. The van der Waals surface area contributed by atoms with E-state index in [-0.39, 0.29) is 23.6 Å². The average molecular weight is 529 g/mol. The second-order valence-electron chi connectivity index (χ2n) is 13.8. The van der Waals surface area contributed by atoms with Gasteiger partial charge < -0.3 is 23.9 Å². The molecule has 2 unspecified atom stereocenters. The van der Waals surface area contributed by atoms with Gasteiger partial charge in [-0.05, 0) is 109 Å². The number of benzene rings is 2. The van der Waals surface area contributed by atoms with E-state index in [1.165, 1.54) is 6.42 Å². The first kappa shape index (κ1) is 27.1. The highest BCUT2D eigenvalue weighted by Crippen LogP contribution is 2.52. The van der Waals surface area contributed by atoms with Crippen molar-refractivity contribution < 1.29 is 23.4 Å². The molecule has 206 valence electrons. The summed E-state index contributed by atoms with van der Waals surface area (Å²) in [5.74, 6) is -0.381. The quantitative estimate of drug-likeness (QED) is 0.507. The highest BCUT2D eigenvalue weighted by Gasteiger charge is 2.59. The molecule has 1 N–H and O–H groups in total. The first-order chi connectivity index (χ1) is 18.2.